The van der Waals surface area contributed by atoms with Crippen LogP contribution in [0, 0.1) is 6.92 Å². The summed E-state index contributed by atoms with van der Waals surface area (Å²) in [6.07, 6.45) is 3.48. The first-order chi connectivity index (χ1) is 12.7. The van der Waals surface area contributed by atoms with Gasteiger partial charge in [0, 0.05) is 55.2 Å². The topological polar surface area (TPSA) is 49.3 Å². The Morgan fingerprint density at radius 3 is 2.58 bits per heavy atom. The first-order valence-electron chi connectivity index (χ1n) is 8.67. The van der Waals surface area contributed by atoms with Crippen molar-refractivity contribution < 1.29 is 4.79 Å². The van der Waals surface area contributed by atoms with Gasteiger partial charge in [-0.15, -0.1) is 11.3 Å². The van der Waals surface area contributed by atoms with Crippen molar-refractivity contribution in [1.29, 1.82) is 0 Å². The summed E-state index contributed by atoms with van der Waals surface area (Å²) in [4.78, 5) is 25.6. The van der Waals surface area contributed by atoms with Crippen molar-refractivity contribution in [2.45, 2.75) is 6.92 Å². The van der Waals surface area contributed by atoms with Crippen molar-refractivity contribution in [2.75, 3.05) is 31.1 Å². The highest BCUT2D eigenvalue weighted by atomic mass is 32.1. The molecule has 3 aromatic rings. The van der Waals surface area contributed by atoms with E-state index >= 15 is 0 Å². The third-order valence-electron chi connectivity index (χ3n) is 4.58. The Kier molecular flexibility index (Phi) is 4.67. The maximum Gasteiger partial charge on any atom is 0.273 e. The van der Waals surface area contributed by atoms with E-state index in [4.69, 9.17) is 0 Å². The number of rotatable bonds is 3. The molecule has 1 aliphatic heterocycles. The SMILES string of the molecule is Cc1cccc(N2CCN(C(=O)c3csc(-c4ccncc4)n3)CC2)c1. The van der Waals surface area contributed by atoms with Gasteiger partial charge >= 0.3 is 0 Å². The average Bonchev–Trinajstić information content (AvgIpc) is 3.18. The van der Waals surface area contributed by atoms with Crippen molar-refractivity contribution in [3.8, 4) is 10.6 Å². The van der Waals surface area contributed by atoms with Crippen LogP contribution in [0.4, 0.5) is 5.69 Å². The molecule has 1 fully saturated rings. The molecule has 2 aromatic heterocycles. The molecule has 5 nitrogen and oxygen atoms in total. The molecular formula is C20H20N4OS. The van der Waals surface area contributed by atoms with Crippen LogP contribution in [0.5, 0.6) is 0 Å². The summed E-state index contributed by atoms with van der Waals surface area (Å²) >= 11 is 1.50. The minimum absolute atomic E-state index is 0.0189. The predicted molar refractivity (Wildman–Crippen MR) is 105 cm³/mol. The number of aromatic nitrogens is 2. The third-order valence-corrected chi connectivity index (χ3v) is 5.48. The minimum Gasteiger partial charge on any atom is -0.368 e. The first-order valence-corrected chi connectivity index (χ1v) is 9.55. The van der Waals surface area contributed by atoms with Crippen molar-refractivity contribution in [3.05, 3.63) is 65.4 Å². The van der Waals surface area contributed by atoms with E-state index in [0.717, 1.165) is 36.8 Å². The van der Waals surface area contributed by atoms with Crippen LogP contribution in [0.1, 0.15) is 16.1 Å². The van der Waals surface area contributed by atoms with E-state index < -0.39 is 0 Å². The Morgan fingerprint density at radius 1 is 1.08 bits per heavy atom. The van der Waals surface area contributed by atoms with E-state index in [-0.39, 0.29) is 5.91 Å². The van der Waals surface area contributed by atoms with Crippen LogP contribution >= 0.6 is 11.3 Å². The number of thiazole rings is 1. The van der Waals surface area contributed by atoms with Crippen LogP contribution in [0.25, 0.3) is 10.6 Å². The van der Waals surface area contributed by atoms with Crippen molar-refractivity contribution in [2.24, 2.45) is 0 Å². The molecule has 1 aliphatic rings. The van der Waals surface area contributed by atoms with E-state index in [2.05, 4.69) is 46.1 Å². The second kappa shape index (κ2) is 7.25. The number of nitrogens with zero attached hydrogens (tertiary/aromatic N) is 4. The Balaban J connectivity index is 1.42. The van der Waals surface area contributed by atoms with Crippen molar-refractivity contribution >= 4 is 22.9 Å². The lowest BCUT2D eigenvalue weighted by atomic mass is 10.2. The highest BCUT2D eigenvalue weighted by Crippen LogP contribution is 2.24. The van der Waals surface area contributed by atoms with Gasteiger partial charge in [-0.25, -0.2) is 4.98 Å². The fourth-order valence-corrected chi connectivity index (χ4v) is 3.95. The zero-order valence-corrected chi connectivity index (χ0v) is 15.4. The Morgan fingerprint density at radius 2 is 1.85 bits per heavy atom. The average molecular weight is 364 g/mol. The largest absolute Gasteiger partial charge is 0.368 e. The van der Waals surface area contributed by atoms with Gasteiger partial charge in [-0.2, -0.15) is 0 Å². The number of hydrogen-bond acceptors (Lipinski definition) is 5. The summed E-state index contributed by atoms with van der Waals surface area (Å²) in [5, 5.41) is 2.71. The van der Waals surface area contributed by atoms with Gasteiger partial charge in [0.2, 0.25) is 0 Å². The second-order valence-electron chi connectivity index (χ2n) is 6.39. The number of anilines is 1. The van der Waals surface area contributed by atoms with Crippen LogP contribution < -0.4 is 4.90 Å². The van der Waals surface area contributed by atoms with E-state index in [1.54, 1.807) is 12.4 Å². The standard InChI is InChI=1S/C20H20N4OS/c1-15-3-2-4-17(13-15)23-9-11-24(12-10-23)20(25)18-14-26-19(22-18)16-5-7-21-8-6-16/h2-8,13-14H,9-12H2,1H3. The molecule has 0 N–H and O–H groups in total. The number of pyridine rings is 1. The van der Waals surface area contributed by atoms with Gasteiger partial charge in [0.1, 0.15) is 10.7 Å². The van der Waals surface area contributed by atoms with Gasteiger partial charge in [-0.1, -0.05) is 12.1 Å². The highest BCUT2D eigenvalue weighted by Gasteiger charge is 2.24. The van der Waals surface area contributed by atoms with E-state index in [9.17, 15) is 4.79 Å². The van der Waals surface area contributed by atoms with Crippen LogP contribution in [-0.2, 0) is 0 Å². The number of hydrogen-bond donors (Lipinski definition) is 0. The smallest absolute Gasteiger partial charge is 0.273 e. The van der Waals surface area contributed by atoms with E-state index in [1.165, 1.54) is 22.6 Å². The molecule has 1 amide bonds. The minimum atomic E-state index is 0.0189. The van der Waals surface area contributed by atoms with E-state index in [1.807, 2.05) is 22.4 Å². The van der Waals surface area contributed by atoms with Gasteiger partial charge in [0.25, 0.3) is 5.91 Å². The first kappa shape index (κ1) is 16.7. The summed E-state index contributed by atoms with van der Waals surface area (Å²) in [7, 11) is 0. The lowest BCUT2D eigenvalue weighted by Gasteiger charge is -2.36. The Bertz CT molecular complexity index is 901. The van der Waals surface area contributed by atoms with Crippen LogP contribution in [-0.4, -0.2) is 47.0 Å². The molecular weight excluding hydrogens is 344 g/mol. The second-order valence-corrected chi connectivity index (χ2v) is 7.25. The zero-order chi connectivity index (χ0) is 17.9. The van der Waals surface area contributed by atoms with E-state index in [0.29, 0.717) is 5.69 Å². The molecule has 0 bridgehead atoms. The molecule has 0 unspecified atom stereocenters. The third kappa shape index (κ3) is 3.46. The Hall–Kier alpha value is -2.73. The summed E-state index contributed by atoms with van der Waals surface area (Å²) in [5.74, 6) is 0.0189. The predicted octanol–water partition coefficient (Wildman–Crippen LogP) is 3.48. The van der Waals surface area contributed by atoms with Crippen molar-refractivity contribution in [3.63, 3.8) is 0 Å². The molecule has 0 aliphatic carbocycles. The van der Waals surface area contributed by atoms with Crippen molar-refractivity contribution in [1.82, 2.24) is 14.9 Å². The maximum absolute atomic E-state index is 12.8. The number of aryl methyl sites for hydroxylation is 1. The Labute approximate surface area is 156 Å². The molecule has 1 saturated heterocycles. The zero-order valence-electron chi connectivity index (χ0n) is 14.6. The summed E-state index contributed by atoms with van der Waals surface area (Å²) < 4.78 is 0. The quantitative estimate of drug-likeness (QED) is 0.714. The van der Waals surface area contributed by atoms with Gasteiger partial charge < -0.3 is 9.80 Å². The maximum atomic E-state index is 12.8. The van der Waals surface area contributed by atoms with Crippen LogP contribution in [0.2, 0.25) is 0 Å². The highest BCUT2D eigenvalue weighted by molar-refractivity contribution is 7.13. The molecule has 3 heterocycles. The molecule has 0 radical (unpaired) electrons. The molecule has 0 saturated carbocycles. The molecule has 1 aromatic carbocycles. The molecule has 26 heavy (non-hydrogen) atoms. The number of benzene rings is 1. The summed E-state index contributed by atoms with van der Waals surface area (Å²) in [5.41, 5.74) is 4.01. The number of carbonyl (C=O) groups excluding carboxylic acids is 1. The molecule has 132 valence electrons. The molecule has 0 spiro atoms. The number of carbonyl (C=O) groups is 1. The molecule has 6 heteroatoms. The molecule has 0 atom stereocenters. The normalized spacial score (nSPS) is 14.5. The lowest BCUT2D eigenvalue weighted by Crippen LogP contribution is -2.48. The lowest BCUT2D eigenvalue weighted by molar-refractivity contribution is 0.0742. The van der Waals surface area contributed by atoms with Gasteiger partial charge in [-0.3, -0.25) is 9.78 Å². The number of piperazine rings is 1. The monoisotopic (exact) mass is 364 g/mol. The molecule has 4 rings (SSSR count). The van der Waals surface area contributed by atoms with Gasteiger partial charge in [0.15, 0.2) is 0 Å². The van der Waals surface area contributed by atoms with Crippen LogP contribution in [0.15, 0.2) is 54.2 Å². The summed E-state index contributed by atoms with van der Waals surface area (Å²) in [6, 6.07) is 12.3. The summed E-state index contributed by atoms with van der Waals surface area (Å²) in [6.45, 7) is 5.22. The number of amides is 1. The van der Waals surface area contributed by atoms with Gasteiger partial charge in [0.05, 0.1) is 0 Å². The fourth-order valence-electron chi connectivity index (χ4n) is 3.15. The fraction of sp³-hybridized carbons (Fsp3) is 0.250. The van der Waals surface area contributed by atoms with Gasteiger partial charge in [-0.05, 0) is 36.8 Å². The van der Waals surface area contributed by atoms with Crippen LogP contribution in [0.3, 0.4) is 0 Å².